The van der Waals surface area contributed by atoms with Crippen LogP contribution in [-0.4, -0.2) is 38.0 Å². The van der Waals surface area contributed by atoms with E-state index in [0.717, 1.165) is 12.8 Å². The van der Waals surface area contributed by atoms with Crippen LogP contribution in [0.4, 0.5) is 0 Å². The molecule has 0 saturated carbocycles. The average Bonchev–Trinajstić information content (AvgIpc) is 2.01. The minimum absolute atomic E-state index is 1.08. The van der Waals surface area contributed by atoms with E-state index in [0.29, 0.717) is 0 Å². The molecule has 78 valence electrons. The van der Waals surface area contributed by atoms with Gasteiger partial charge in [-0.25, -0.2) is 0 Å². The first kappa shape index (κ1) is 10.9. The quantitative estimate of drug-likeness (QED) is 0.662. The van der Waals surface area contributed by atoms with Crippen LogP contribution in [0.15, 0.2) is 35.7 Å². The van der Waals surface area contributed by atoms with Gasteiger partial charge in [0.15, 0.2) is 0 Å². The van der Waals surface area contributed by atoms with Crippen molar-refractivity contribution in [2.75, 3.05) is 28.2 Å². The SMILES string of the molecule is CN(C)C=C1C=CCC(=CN(C)C)C1. The van der Waals surface area contributed by atoms with Gasteiger partial charge in [-0.2, -0.15) is 0 Å². The second kappa shape index (κ2) is 4.89. The lowest BCUT2D eigenvalue weighted by molar-refractivity contribution is 0.549. The van der Waals surface area contributed by atoms with Crippen LogP contribution in [0.1, 0.15) is 12.8 Å². The lowest BCUT2D eigenvalue weighted by Gasteiger charge is -2.16. The Morgan fingerprint density at radius 2 is 1.71 bits per heavy atom. The molecule has 0 aromatic heterocycles. The molecule has 0 N–H and O–H groups in total. The molecule has 0 radical (unpaired) electrons. The zero-order valence-electron chi connectivity index (χ0n) is 9.62. The Labute approximate surface area is 87.2 Å². The monoisotopic (exact) mass is 192 g/mol. The van der Waals surface area contributed by atoms with Gasteiger partial charge in [0, 0.05) is 34.4 Å². The van der Waals surface area contributed by atoms with E-state index in [1.807, 2.05) is 0 Å². The highest BCUT2D eigenvalue weighted by molar-refractivity contribution is 5.31. The van der Waals surface area contributed by atoms with E-state index in [9.17, 15) is 0 Å². The molecule has 0 amide bonds. The first-order valence-electron chi connectivity index (χ1n) is 4.97. The van der Waals surface area contributed by atoms with Crippen molar-refractivity contribution >= 4 is 0 Å². The topological polar surface area (TPSA) is 6.48 Å². The molecule has 2 nitrogen and oxygen atoms in total. The summed E-state index contributed by atoms with van der Waals surface area (Å²) in [4.78, 5) is 4.21. The van der Waals surface area contributed by atoms with Crippen molar-refractivity contribution in [3.63, 3.8) is 0 Å². The lowest BCUT2D eigenvalue weighted by Crippen LogP contribution is -2.07. The predicted octanol–water partition coefficient (Wildman–Crippen LogP) is 2.23. The normalized spacial score (nSPS) is 21.7. The Balaban J connectivity index is 2.70. The zero-order chi connectivity index (χ0) is 10.6. The molecule has 0 aromatic carbocycles. The van der Waals surface area contributed by atoms with Crippen LogP contribution in [0.25, 0.3) is 0 Å². The smallest absolute Gasteiger partial charge is 0.00557 e. The average molecular weight is 192 g/mol. The maximum atomic E-state index is 2.23. The van der Waals surface area contributed by atoms with Crippen molar-refractivity contribution in [3.8, 4) is 0 Å². The molecule has 1 aliphatic carbocycles. The highest BCUT2D eigenvalue weighted by atomic mass is 15.0. The third kappa shape index (κ3) is 3.69. The van der Waals surface area contributed by atoms with E-state index in [1.54, 1.807) is 0 Å². The third-order valence-corrected chi connectivity index (χ3v) is 2.01. The van der Waals surface area contributed by atoms with E-state index in [4.69, 9.17) is 0 Å². The number of hydrogen-bond donors (Lipinski definition) is 0. The van der Waals surface area contributed by atoms with Gasteiger partial charge in [-0.3, -0.25) is 0 Å². The first-order valence-corrected chi connectivity index (χ1v) is 4.97. The van der Waals surface area contributed by atoms with Crippen LogP contribution < -0.4 is 0 Å². The van der Waals surface area contributed by atoms with Gasteiger partial charge in [-0.05, 0) is 30.2 Å². The Bertz CT molecular complexity index is 270. The fraction of sp³-hybridized carbons (Fsp3) is 0.500. The van der Waals surface area contributed by atoms with Crippen molar-refractivity contribution in [1.29, 1.82) is 0 Å². The molecule has 0 fully saturated rings. The third-order valence-electron chi connectivity index (χ3n) is 2.01. The Hall–Kier alpha value is -1.18. The molecule has 0 atom stereocenters. The number of rotatable bonds is 2. The summed E-state index contributed by atoms with van der Waals surface area (Å²) >= 11 is 0. The summed E-state index contributed by atoms with van der Waals surface area (Å²) < 4.78 is 0. The predicted molar refractivity (Wildman–Crippen MR) is 61.9 cm³/mol. The summed E-state index contributed by atoms with van der Waals surface area (Å²) in [5.41, 5.74) is 2.86. The summed E-state index contributed by atoms with van der Waals surface area (Å²) in [6.45, 7) is 0. The van der Waals surface area contributed by atoms with Crippen LogP contribution >= 0.6 is 0 Å². The van der Waals surface area contributed by atoms with E-state index in [-0.39, 0.29) is 0 Å². The Morgan fingerprint density at radius 3 is 2.29 bits per heavy atom. The molecular formula is C12H20N2. The van der Waals surface area contributed by atoms with E-state index < -0.39 is 0 Å². The van der Waals surface area contributed by atoms with Crippen LogP contribution in [0.5, 0.6) is 0 Å². The van der Waals surface area contributed by atoms with Gasteiger partial charge < -0.3 is 9.80 Å². The molecule has 0 unspecified atom stereocenters. The summed E-state index contributed by atoms with van der Waals surface area (Å²) in [6, 6.07) is 0. The van der Waals surface area contributed by atoms with Gasteiger partial charge in [0.1, 0.15) is 0 Å². The molecule has 2 heteroatoms. The highest BCUT2D eigenvalue weighted by Gasteiger charge is 2.05. The fourth-order valence-electron chi connectivity index (χ4n) is 1.64. The van der Waals surface area contributed by atoms with Gasteiger partial charge in [-0.15, -0.1) is 0 Å². The largest absolute Gasteiger partial charge is 0.384 e. The van der Waals surface area contributed by atoms with Gasteiger partial charge in [-0.1, -0.05) is 12.2 Å². The van der Waals surface area contributed by atoms with Gasteiger partial charge in [0.2, 0.25) is 0 Å². The Morgan fingerprint density at radius 1 is 1.07 bits per heavy atom. The molecule has 0 heterocycles. The molecule has 0 spiro atoms. The van der Waals surface area contributed by atoms with Gasteiger partial charge in [0.05, 0.1) is 0 Å². The molecule has 1 rings (SSSR count). The minimum Gasteiger partial charge on any atom is -0.384 e. The standard InChI is InChI=1S/C12H20N2/c1-13(2)9-11-6-5-7-12(8-11)10-14(3)4/h5-6,9-10H,7-8H2,1-4H3. The number of allylic oxidation sites excluding steroid dienone is 4. The van der Waals surface area contributed by atoms with Gasteiger partial charge in [0.25, 0.3) is 0 Å². The minimum atomic E-state index is 1.08. The van der Waals surface area contributed by atoms with Crippen molar-refractivity contribution in [3.05, 3.63) is 35.7 Å². The second-order valence-corrected chi connectivity index (χ2v) is 4.20. The van der Waals surface area contributed by atoms with Gasteiger partial charge >= 0.3 is 0 Å². The van der Waals surface area contributed by atoms with Crippen molar-refractivity contribution in [1.82, 2.24) is 9.80 Å². The van der Waals surface area contributed by atoms with Crippen LogP contribution in [0.2, 0.25) is 0 Å². The van der Waals surface area contributed by atoms with Crippen molar-refractivity contribution < 1.29 is 0 Å². The molecular weight excluding hydrogens is 172 g/mol. The van der Waals surface area contributed by atoms with Crippen LogP contribution in [-0.2, 0) is 0 Å². The van der Waals surface area contributed by atoms with Crippen LogP contribution in [0, 0.1) is 0 Å². The first-order chi connectivity index (χ1) is 6.58. The maximum Gasteiger partial charge on any atom is 0.00557 e. The summed E-state index contributed by atoms with van der Waals surface area (Å²) in [7, 11) is 8.26. The van der Waals surface area contributed by atoms with Crippen LogP contribution in [0.3, 0.4) is 0 Å². The molecule has 0 aliphatic heterocycles. The fourth-order valence-corrected chi connectivity index (χ4v) is 1.64. The second-order valence-electron chi connectivity index (χ2n) is 4.20. The molecule has 1 aliphatic rings. The van der Waals surface area contributed by atoms with Crippen molar-refractivity contribution in [2.24, 2.45) is 0 Å². The van der Waals surface area contributed by atoms with E-state index >= 15 is 0 Å². The summed E-state index contributed by atoms with van der Waals surface area (Å²) in [5, 5.41) is 0. The zero-order valence-corrected chi connectivity index (χ0v) is 9.62. The van der Waals surface area contributed by atoms with Crippen molar-refractivity contribution in [2.45, 2.75) is 12.8 Å². The molecule has 14 heavy (non-hydrogen) atoms. The summed E-state index contributed by atoms with van der Waals surface area (Å²) in [5.74, 6) is 0. The molecule has 0 saturated heterocycles. The van der Waals surface area contributed by atoms with E-state index in [2.05, 4.69) is 62.5 Å². The highest BCUT2D eigenvalue weighted by Crippen LogP contribution is 2.22. The summed E-state index contributed by atoms with van der Waals surface area (Å²) in [6.07, 6.45) is 11.0. The lowest BCUT2D eigenvalue weighted by atomic mass is 9.98. The number of hydrogen-bond acceptors (Lipinski definition) is 2. The number of nitrogens with zero attached hydrogens (tertiary/aromatic N) is 2. The Kier molecular flexibility index (Phi) is 3.81. The molecule has 0 bridgehead atoms. The molecule has 0 aromatic rings. The maximum absolute atomic E-state index is 2.23. The van der Waals surface area contributed by atoms with E-state index in [1.165, 1.54) is 11.1 Å².